The van der Waals surface area contributed by atoms with Crippen molar-refractivity contribution in [3.05, 3.63) is 21.9 Å². The Bertz CT molecular complexity index is 240. The molecule has 1 rings (SSSR count). The van der Waals surface area contributed by atoms with E-state index in [0.717, 1.165) is 0 Å². The third kappa shape index (κ3) is 4.44. The summed E-state index contributed by atoms with van der Waals surface area (Å²) in [5.74, 6) is 0. The molecule has 0 aromatic carbocycles. The number of aryl methyl sites for hydroxylation is 2. The van der Waals surface area contributed by atoms with E-state index in [4.69, 9.17) is 0 Å². The first-order chi connectivity index (χ1) is 6.18. The van der Waals surface area contributed by atoms with Crippen LogP contribution in [0, 0.1) is 6.92 Å². The molecule has 0 atom stereocenters. The molecule has 13 heavy (non-hydrogen) atoms. The van der Waals surface area contributed by atoms with Crippen molar-refractivity contribution in [2.75, 3.05) is 20.6 Å². The SMILES string of the molecule is Cc1ccc(CCCCN(C)C)s1. The minimum Gasteiger partial charge on any atom is -0.309 e. The van der Waals surface area contributed by atoms with Crippen LogP contribution in [0.4, 0.5) is 0 Å². The Kier molecular flexibility index (Phi) is 4.46. The minimum absolute atomic E-state index is 1.21. The maximum absolute atomic E-state index is 2.26. The Hall–Kier alpha value is -0.340. The van der Waals surface area contributed by atoms with Crippen molar-refractivity contribution in [2.45, 2.75) is 26.2 Å². The fourth-order valence-electron chi connectivity index (χ4n) is 1.35. The molecule has 0 saturated heterocycles. The first-order valence-electron chi connectivity index (χ1n) is 4.88. The molecule has 0 aliphatic heterocycles. The summed E-state index contributed by atoms with van der Waals surface area (Å²) >= 11 is 1.93. The summed E-state index contributed by atoms with van der Waals surface area (Å²) in [6, 6.07) is 4.47. The van der Waals surface area contributed by atoms with Gasteiger partial charge in [-0.2, -0.15) is 0 Å². The zero-order valence-electron chi connectivity index (χ0n) is 8.84. The molecule has 0 spiro atoms. The van der Waals surface area contributed by atoms with Crippen molar-refractivity contribution in [1.29, 1.82) is 0 Å². The van der Waals surface area contributed by atoms with Crippen molar-refractivity contribution in [1.82, 2.24) is 4.90 Å². The molecule has 2 heteroatoms. The Labute approximate surface area is 85.4 Å². The second kappa shape index (κ2) is 5.40. The summed E-state index contributed by atoms with van der Waals surface area (Å²) in [6.07, 6.45) is 3.88. The molecule has 0 bridgehead atoms. The molecule has 0 fully saturated rings. The van der Waals surface area contributed by atoms with Crippen LogP contribution in [0.5, 0.6) is 0 Å². The zero-order valence-corrected chi connectivity index (χ0v) is 9.66. The van der Waals surface area contributed by atoms with Crippen molar-refractivity contribution in [3.63, 3.8) is 0 Å². The second-order valence-corrected chi connectivity index (χ2v) is 5.15. The van der Waals surface area contributed by atoms with Gasteiger partial charge in [-0.3, -0.25) is 0 Å². The highest BCUT2D eigenvalue weighted by atomic mass is 32.1. The molecule has 0 unspecified atom stereocenters. The highest BCUT2D eigenvalue weighted by Crippen LogP contribution is 2.17. The molecule has 0 aliphatic rings. The van der Waals surface area contributed by atoms with E-state index in [1.807, 2.05) is 11.3 Å². The molecule has 1 heterocycles. The Morgan fingerprint density at radius 2 is 2.00 bits per heavy atom. The predicted octanol–water partition coefficient (Wildman–Crippen LogP) is 2.94. The number of hydrogen-bond acceptors (Lipinski definition) is 2. The van der Waals surface area contributed by atoms with E-state index in [0.29, 0.717) is 0 Å². The van der Waals surface area contributed by atoms with Gasteiger partial charge in [0, 0.05) is 9.75 Å². The topological polar surface area (TPSA) is 3.24 Å². The lowest BCUT2D eigenvalue weighted by atomic mass is 10.2. The van der Waals surface area contributed by atoms with Gasteiger partial charge in [-0.25, -0.2) is 0 Å². The van der Waals surface area contributed by atoms with Crippen LogP contribution in [0.3, 0.4) is 0 Å². The average Bonchev–Trinajstić information content (AvgIpc) is 2.45. The van der Waals surface area contributed by atoms with E-state index < -0.39 is 0 Å². The molecular weight excluding hydrogens is 178 g/mol. The standard InChI is InChI=1S/C11H19NS/c1-10-7-8-11(13-10)6-4-5-9-12(2)3/h7-8H,4-6,9H2,1-3H3. The lowest BCUT2D eigenvalue weighted by Crippen LogP contribution is -2.12. The highest BCUT2D eigenvalue weighted by molar-refractivity contribution is 7.11. The molecule has 0 radical (unpaired) electrons. The van der Waals surface area contributed by atoms with Gasteiger partial charge < -0.3 is 4.90 Å². The van der Waals surface area contributed by atoms with Crippen molar-refractivity contribution in [2.24, 2.45) is 0 Å². The van der Waals surface area contributed by atoms with Crippen molar-refractivity contribution in [3.8, 4) is 0 Å². The normalized spacial score (nSPS) is 11.1. The van der Waals surface area contributed by atoms with Crippen LogP contribution in [0.1, 0.15) is 22.6 Å². The van der Waals surface area contributed by atoms with Gasteiger partial charge >= 0.3 is 0 Å². The lowest BCUT2D eigenvalue weighted by molar-refractivity contribution is 0.394. The second-order valence-electron chi connectivity index (χ2n) is 3.77. The number of hydrogen-bond donors (Lipinski definition) is 0. The third-order valence-electron chi connectivity index (χ3n) is 2.07. The molecule has 0 N–H and O–H groups in total. The molecule has 74 valence electrons. The van der Waals surface area contributed by atoms with Gasteiger partial charge in [0.1, 0.15) is 0 Å². The largest absolute Gasteiger partial charge is 0.309 e. The van der Waals surface area contributed by atoms with Gasteiger partial charge in [0.2, 0.25) is 0 Å². The van der Waals surface area contributed by atoms with Crippen LogP contribution >= 0.6 is 11.3 Å². The van der Waals surface area contributed by atoms with Crippen LogP contribution in [-0.4, -0.2) is 25.5 Å². The van der Waals surface area contributed by atoms with Gasteiger partial charge in [-0.05, 0) is 59.0 Å². The summed E-state index contributed by atoms with van der Waals surface area (Å²) in [6.45, 7) is 3.39. The molecule has 1 aromatic rings. The van der Waals surface area contributed by atoms with E-state index in [1.165, 1.54) is 35.6 Å². The number of unbranched alkanes of at least 4 members (excludes halogenated alkanes) is 1. The fraction of sp³-hybridized carbons (Fsp3) is 0.636. The quantitative estimate of drug-likeness (QED) is 0.656. The van der Waals surface area contributed by atoms with Gasteiger partial charge in [-0.15, -0.1) is 11.3 Å². The number of thiophene rings is 1. The van der Waals surface area contributed by atoms with E-state index in [-0.39, 0.29) is 0 Å². The van der Waals surface area contributed by atoms with Crippen molar-refractivity contribution >= 4 is 11.3 Å². The van der Waals surface area contributed by atoms with Gasteiger partial charge in [0.25, 0.3) is 0 Å². The number of rotatable bonds is 5. The molecule has 1 aromatic heterocycles. The summed E-state index contributed by atoms with van der Waals surface area (Å²) < 4.78 is 0. The zero-order chi connectivity index (χ0) is 9.68. The maximum atomic E-state index is 2.26. The summed E-state index contributed by atoms with van der Waals surface area (Å²) in [5, 5.41) is 0. The summed E-state index contributed by atoms with van der Waals surface area (Å²) in [7, 11) is 4.27. The van der Waals surface area contributed by atoms with Crippen LogP contribution < -0.4 is 0 Å². The van der Waals surface area contributed by atoms with Crippen LogP contribution in [0.25, 0.3) is 0 Å². The van der Waals surface area contributed by atoms with Gasteiger partial charge in [-0.1, -0.05) is 0 Å². The highest BCUT2D eigenvalue weighted by Gasteiger charge is 1.96. The number of nitrogens with zero attached hydrogens (tertiary/aromatic N) is 1. The lowest BCUT2D eigenvalue weighted by Gasteiger charge is -2.07. The summed E-state index contributed by atoms with van der Waals surface area (Å²) in [5.41, 5.74) is 0. The van der Waals surface area contributed by atoms with E-state index in [9.17, 15) is 0 Å². The molecule has 1 nitrogen and oxygen atoms in total. The smallest absolute Gasteiger partial charge is 0.00480 e. The monoisotopic (exact) mass is 197 g/mol. The van der Waals surface area contributed by atoms with Crippen LogP contribution in [0.15, 0.2) is 12.1 Å². The van der Waals surface area contributed by atoms with E-state index >= 15 is 0 Å². The fourth-order valence-corrected chi connectivity index (χ4v) is 2.28. The minimum atomic E-state index is 1.21. The van der Waals surface area contributed by atoms with Crippen molar-refractivity contribution < 1.29 is 0 Å². The third-order valence-corrected chi connectivity index (χ3v) is 3.13. The Morgan fingerprint density at radius 3 is 2.54 bits per heavy atom. The van der Waals surface area contributed by atoms with Gasteiger partial charge in [0.05, 0.1) is 0 Å². The molecular formula is C11H19NS. The average molecular weight is 197 g/mol. The van der Waals surface area contributed by atoms with E-state index in [2.05, 4.69) is 38.1 Å². The molecule has 0 aliphatic carbocycles. The van der Waals surface area contributed by atoms with Crippen LogP contribution in [0.2, 0.25) is 0 Å². The maximum Gasteiger partial charge on any atom is 0.00480 e. The predicted molar refractivity (Wildman–Crippen MR) is 60.5 cm³/mol. The Morgan fingerprint density at radius 1 is 1.23 bits per heavy atom. The molecule has 0 saturated carbocycles. The first-order valence-corrected chi connectivity index (χ1v) is 5.70. The van der Waals surface area contributed by atoms with Crippen LogP contribution in [-0.2, 0) is 6.42 Å². The van der Waals surface area contributed by atoms with E-state index in [1.54, 1.807) is 0 Å². The summed E-state index contributed by atoms with van der Waals surface area (Å²) in [4.78, 5) is 5.22. The van der Waals surface area contributed by atoms with Gasteiger partial charge in [0.15, 0.2) is 0 Å². The molecule has 0 amide bonds. The first kappa shape index (κ1) is 10.7. The Balaban J connectivity index is 2.13.